The molecule has 1 unspecified atom stereocenters. The molecule has 5 rings (SSSR count). The van der Waals surface area contributed by atoms with Crippen molar-refractivity contribution in [2.24, 2.45) is 0 Å². The van der Waals surface area contributed by atoms with E-state index in [2.05, 4.69) is 29.4 Å². The number of benzene rings is 1. The number of amides is 1. The van der Waals surface area contributed by atoms with Gasteiger partial charge in [0.15, 0.2) is 5.65 Å². The van der Waals surface area contributed by atoms with Crippen LogP contribution < -0.4 is 4.74 Å². The number of likely N-dealkylation sites (tertiary alicyclic amines) is 1. The molecule has 0 bridgehead atoms. The molecule has 7 heteroatoms. The molecular formula is C23H26N4O3. The average molecular weight is 406 g/mol. The molecule has 156 valence electrons. The number of piperidine rings is 1. The number of carbonyl (C=O) groups is 1. The minimum atomic E-state index is -0.263. The van der Waals surface area contributed by atoms with E-state index in [1.165, 1.54) is 5.56 Å². The Morgan fingerprint density at radius 2 is 1.97 bits per heavy atom. The Balaban J connectivity index is 1.48. The van der Waals surface area contributed by atoms with Gasteiger partial charge in [0.25, 0.3) is 5.91 Å². The smallest absolute Gasteiger partial charge is 0.251 e. The quantitative estimate of drug-likeness (QED) is 0.666. The molecule has 1 aromatic carbocycles. The Labute approximate surface area is 175 Å². The van der Waals surface area contributed by atoms with Crippen molar-refractivity contribution in [2.45, 2.75) is 37.2 Å². The summed E-state index contributed by atoms with van der Waals surface area (Å²) in [6, 6.07) is 14.2. The van der Waals surface area contributed by atoms with E-state index in [9.17, 15) is 4.79 Å². The van der Waals surface area contributed by atoms with Crippen LogP contribution in [-0.4, -0.2) is 58.3 Å². The molecule has 3 aromatic rings. The molecule has 4 heterocycles. The molecule has 30 heavy (non-hydrogen) atoms. The molecule has 2 fully saturated rings. The molecule has 2 aliphatic heterocycles. The second kappa shape index (κ2) is 7.72. The van der Waals surface area contributed by atoms with Crippen LogP contribution >= 0.6 is 0 Å². The number of nitrogens with zero attached hydrogens (tertiary/aromatic N) is 4. The number of hydrogen-bond donors (Lipinski definition) is 0. The predicted octanol–water partition coefficient (Wildman–Crippen LogP) is 2.83. The number of imidazole rings is 1. The average Bonchev–Trinajstić information content (AvgIpc) is 3.49. The third-order valence-corrected chi connectivity index (χ3v) is 6.46. The van der Waals surface area contributed by atoms with E-state index in [0.717, 1.165) is 37.0 Å². The van der Waals surface area contributed by atoms with Crippen LogP contribution in [0.4, 0.5) is 0 Å². The fourth-order valence-electron chi connectivity index (χ4n) is 4.74. The SMILES string of the molecule is COc1ccc2nc(C3(c4ccccc4)CCN(C(=O)C4CCCO4)CC3)cn2n1. The lowest BCUT2D eigenvalue weighted by Gasteiger charge is -2.42. The normalized spacial score (nSPS) is 21.1. The van der Waals surface area contributed by atoms with Crippen molar-refractivity contribution in [2.75, 3.05) is 26.8 Å². The van der Waals surface area contributed by atoms with E-state index in [4.69, 9.17) is 14.5 Å². The van der Waals surface area contributed by atoms with Crippen LogP contribution in [0.2, 0.25) is 0 Å². The van der Waals surface area contributed by atoms with Gasteiger partial charge in [-0.3, -0.25) is 4.79 Å². The van der Waals surface area contributed by atoms with Gasteiger partial charge in [0.1, 0.15) is 6.10 Å². The largest absolute Gasteiger partial charge is 0.480 e. The van der Waals surface area contributed by atoms with Crippen LogP contribution in [-0.2, 0) is 14.9 Å². The lowest BCUT2D eigenvalue weighted by Crippen LogP contribution is -2.48. The summed E-state index contributed by atoms with van der Waals surface area (Å²) >= 11 is 0. The highest BCUT2D eigenvalue weighted by Crippen LogP contribution is 2.41. The minimum absolute atomic E-state index is 0.135. The van der Waals surface area contributed by atoms with Crippen molar-refractivity contribution in [1.82, 2.24) is 19.5 Å². The maximum absolute atomic E-state index is 12.9. The molecular weight excluding hydrogens is 380 g/mol. The highest BCUT2D eigenvalue weighted by Gasteiger charge is 2.42. The fraction of sp³-hybridized carbons (Fsp3) is 0.435. The zero-order valence-corrected chi connectivity index (χ0v) is 17.2. The number of carbonyl (C=O) groups excluding carboxylic acids is 1. The van der Waals surface area contributed by atoms with Crippen molar-refractivity contribution in [3.63, 3.8) is 0 Å². The minimum Gasteiger partial charge on any atom is -0.480 e. The van der Waals surface area contributed by atoms with E-state index in [1.54, 1.807) is 11.6 Å². The second-order valence-corrected chi connectivity index (χ2v) is 8.08. The zero-order chi connectivity index (χ0) is 20.6. The molecule has 0 saturated carbocycles. The Morgan fingerprint density at radius 1 is 1.17 bits per heavy atom. The second-order valence-electron chi connectivity index (χ2n) is 8.08. The Bertz CT molecular complexity index is 1040. The predicted molar refractivity (Wildman–Crippen MR) is 112 cm³/mol. The first-order valence-corrected chi connectivity index (χ1v) is 10.6. The maximum atomic E-state index is 12.9. The van der Waals surface area contributed by atoms with Gasteiger partial charge in [-0.15, -0.1) is 5.10 Å². The van der Waals surface area contributed by atoms with Gasteiger partial charge >= 0.3 is 0 Å². The molecule has 1 amide bonds. The molecule has 2 saturated heterocycles. The summed E-state index contributed by atoms with van der Waals surface area (Å²) in [5, 5.41) is 4.48. The van der Waals surface area contributed by atoms with Crippen LogP contribution in [0.3, 0.4) is 0 Å². The highest BCUT2D eigenvalue weighted by molar-refractivity contribution is 5.81. The molecule has 7 nitrogen and oxygen atoms in total. The van der Waals surface area contributed by atoms with Gasteiger partial charge in [-0.1, -0.05) is 30.3 Å². The van der Waals surface area contributed by atoms with Gasteiger partial charge in [-0.25, -0.2) is 9.50 Å². The van der Waals surface area contributed by atoms with Crippen molar-refractivity contribution in [1.29, 1.82) is 0 Å². The summed E-state index contributed by atoms with van der Waals surface area (Å²) in [6.45, 7) is 2.08. The molecule has 0 N–H and O–H groups in total. The number of fused-ring (bicyclic) bond motifs is 1. The number of ether oxygens (including phenoxy) is 2. The molecule has 0 spiro atoms. The summed E-state index contributed by atoms with van der Waals surface area (Å²) in [6.07, 6.45) is 5.17. The third kappa shape index (κ3) is 3.23. The van der Waals surface area contributed by atoms with Gasteiger partial charge in [0.2, 0.25) is 5.88 Å². The van der Waals surface area contributed by atoms with Crippen LogP contribution in [0.15, 0.2) is 48.7 Å². The van der Waals surface area contributed by atoms with Gasteiger partial charge in [0.05, 0.1) is 19.0 Å². The molecule has 1 atom stereocenters. The Morgan fingerprint density at radius 3 is 2.67 bits per heavy atom. The van der Waals surface area contributed by atoms with Crippen LogP contribution in [0.5, 0.6) is 5.88 Å². The maximum Gasteiger partial charge on any atom is 0.251 e. The number of methoxy groups -OCH3 is 1. The first-order chi connectivity index (χ1) is 14.7. The van der Waals surface area contributed by atoms with Crippen LogP contribution in [0, 0.1) is 0 Å². The van der Waals surface area contributed by atoms with E-state index in [0.29, 0.717) is 25.6 Å². The van der Waals surface area contributed by atoms with Crippen LogP contribution in [0.1, 0.15) is 36.9 Å². The van der Waals surface area contributed by atoms with E-state index >= 15 is 0 Å². The molecule has 0 aliphatic carbocycles. The first-order valence-electron chi connectivity index (χ1n) is 10.6. The van der Waals surface area contributed by atoms with Crippen molar-refractivity contribution in [3.8, 4) is 5.88 Å². The van der Waals surface area contributed by atoms with Crippen LogP contribution in [0.25, 0.3) is 5.65 Å². The Kier molecular flexibility index (Phi) is 4.90. The molecule has 2 aliphatic rings. The lowest BCUT2D eigenvalue weighted by molar-refractivity contribution is -0.142. The summed E-state index contributed by atoms with van der Waals surface area (Å²) < 4.78 is 12.7. The van der Waals surface area contributed by atoms with Crippen molar-refractivity contribution < 1.29 is 14.3 Å². The zero-order valence-electron chi connectivity index (χ0n) is 17.2. The molecule has 0 radical (unpaired) electrons. The van der Waals surface area contributed by atoms with Gasteiger partial charge in [-0.05, 0) is 37.3 Å². The monoisotopic (exact) mass is 406 g/mol. The van der Waals surface area contributed by atoms with Gasteiger partial charge in [0, 0.05) is 31.2 Å². The number of aromatic nitrogens is 3. The number of rotatable bonds is 4. The third-order valence-electron chi connectivity index (χ3n) is 6.46. The summed E-state index contributed by atoms with van der Waals surface area (Å²) in [4.78, 5) is 19.7. The standard InChI is InChI=1S/C23H26N4O3/c1-29-21-10-9-20-24-19(16-27(20)25-21)23(17-6-3-2-4-7-17)11-13-26(14-12-23)22(28)18-8-5-15-30-18/h2-4,6-7,9-10,16,18H,5,8,11-15H2,1H3. The summed E-state index contributed by atoms with van der Waals surface area (Å²) in [7, 11) is 1.61. The van der Waals surface area contributed by atoms with E-state index in [1.807, 2.05) is 29.3 Å². The van der Waals surface area contributed by atoms with Crippen molar-refractivity contribution >= 4 is 11.6 Å². The van der Waals surface area contributed by atoms with Crippen molar-refractivity contribution in [3.05, 3.63) is 59.9 Å². The summed E-state index contributed by atoms with van der Waals surface area (Å²) in [5.41, 5.74) is 2.75. The topological polar surface area (TPSA) is 69.0 Å². The molecule has 2 aromatic heterocycles. The van der Waals surface area contributed by atoms with E-state index < -0.39 is 0 Å². The van der Waals surface area contributed by atoms with Gasteiger partial charge in [-0.2, -0.15) is 0 Å². The van der Waals surface area contributed by atoms with Gasteiger partial charge < -0.3 is 14.4 Å². The Hall–Kier alpha value is -2.93. The highest BCUT2D eigenvalue weighted by atomic mass is 16.5. The lowest BCUT2D eigenvalue weighted by atomic mass is 9.70. The van der Waals surface area contributed by atoms with E-state index in [-0.39, 0.29) is 17.4 Å². The summed E-state index contributed by atoms with van der Waals surface area (Å²) in [5.74, 6) is 0.688. The fourth-order valence-corrected chi connectivity index (χ4v) is 4.74. The number of hydrogen-bond acceptors (Lipinski definition) is 5. The first kappa shape index (κ1) is 19.1.